The lowest BCUT2D eigenvalue weighted by Gasteiger charge is -2.22. The Morgan fingerprint density at radius 2 is 1.83 bits per heavy atom. The molecular weight excluding hydrogens is 296 g/mol. The van der Waals surface area contributed by atoms with Crippen LogP contribution in [0.2, 0.25) is 0 Å². The van der Waals surface area contributed by atoms with E-state index >= 15 is 0 Å². The smallest absolute Gasteiger partial charge is 0.408 e. The molecule has 1 amide bonds. The van der Waals surface area contributed by atoms with Gasteiger partial charge in [0, 0.05) is 12.7 Å². The number of carboxylic acid groups (broad SMARTS) is 1. The summed E-state index contributed by atoms with van der Waals surface area (Å²) in [6.45, 7) is 5.20. The Balaban J connectivity index is 2.46. The summed E-state index contributed by atoms with van der Waals surface area (Å²) in [5.41, 5.74) is 1.51. The summed E-state index contributed by atoms with van der Waals surface area (Å²) in [6.07, 6.45) is 1.06. The normalized spacial score (nSPS) is 12.3. The van der Waals surface area contributed by atoms with Crippen LogP contribution in [0.3, 0.4) is 0 Å². The molecule has 0 aliphatic heterocycles. The van der Waals surface area contributed by atoms with Crippen molar-refractivity contribution in [3.63, 3.8) is 0 Å². The van der Waals surface area contributed by atoms with Gasteiger partial charge in [-0.25, -0.2) is 9.59 Å². The first-order valence-electron chi connectivity index (χ1n) is 7.70. The molecule has 6 heteroatoms. The Morgan fingerprint density at radius 3 is 2.30 bits per heavy atom. The van der Waals surface area contributed by atoms with Crippen molar-refractivity contribution in [1.82, 2.24) is 5.32 Å². The quantitative estimate of drug-likeness (QED) is 0.718. The van der Waals surface area contributed by atoms with Crippen molar-refractivity contribution in [1.29, 1.82) is 0 Å². The van der Waals surface area contributed by atoms with Gasteiger partial charge in [0.15, 0.2) is 0 Å². The van der Waals surface area contributed by atoms with E-state index in [1.807, 2.05) is 31.3 Å². The lowest BCUT2D eigenvalue weighted by atomic mass is 10.0. The zero-order chi connectivity index (χ0) is 17.5. The summed E-state index contributed by atoms with van der Waals surface area (Å²) in [4.78, 5) is 22.9. The number of anilines is 1. The lowest BCUT2D eigenvalue weighted by molar-refractivity contribution is -0.139. The van der Waals surface area contributed by atoms with Crippen molar-refractivity contribution in [3.8, 4) is 0 Å². The first-order chi connectivity index (χ1) is 10.7. The summed E-state index contributed by atoms with van der Waals surface area (Å²) in [5, 5.41) is 14.7. The maximum Gasteiger partial charge on any atom is 0.408 e. The highest BCUT2D eigenvalue weighted by Crippen LogP contribution is 2.12. The number of nitrogens with one attached hydrogen (secondary N) is 2. The van der Waals surface area contributed by atoms with Gasteiger partial charge in [0.25, 0.3) is 0 Å². The number of ether oxygens (including phenoxy) is 1. The van der Waals surface area contributed by atoms with Gasteiger partial charge in [-0.1, -0.05) is 12.1 Å². The molecule has 0 aliphatic carbocycles. The molecule has 0 saturated carbocycles. The number of carbonyl (C=O) groups excluding carboxylic acids is 1. The van der Waals surface area contributed by atoms with Crippen molar-refractivity contribution in [2.75, 3.05) is 12.4 Å². The highest BCUT2D eigenvalue weighted by molar-refractivity contribution is 5.79. The molecule has 0 aromatic heterocycles. The molecule has 0 bridgehead atoms. The summed E-state index contributed by atoms with van der Waals surface area (Å²) in [5.74, 6) is -1.05. The molecule has 0 heterocycles. The summed E-state index contributed by atoms with van der Waals surface area (Å²) in [6, 6.07) is 7.01. The fraction of sp³-hybridized carbons (Fsp3) is 0.529. The molecule has 1 unspecified atom stereocenters. The molecule has 1 aromatic rings. The predicted octanol–water partition coefficient (Wildman–Crippen LogP) is 3.03. The maximum absolute atomic E-state index is 11.7. The van der Waals surface area contributed by atoms with Crippen LogP contribution in [-0.4, -0.2) is 35.9 Å². The molecule has 1 rings (SSSR count). The van der Waals surface area contributed by atoms with Gasteiger partial charge in [-0.3, -0.25) is 0 Å². The molecule has 1 atom stereocenters. The minimum atomic E-state index is -1.05. The van der Waals surface area contributed by atoms with Crippen molar-refractivity contribution in [3.05, 3.63) is 29.8 Å². The first-order valence-corrected chi connectivity index (χ1v) is 7.70. The molecule has 128 valence electrons. The van der Waals surface area contributed by atoms with E-state index in [4.69, 9.17) is 4.74 Å². The van der Waals surface area contributed by atoms with Crippen LogP contribution in [0.1, 0.15) is 39.2 Å². The van der Waals surface area contributed by atoms with E-state index in [9.17, 15) is 14.7 Å². The predicted molar refractivity (Wildman–Crippen MR) is 89.7 cm³/mol. The highest BCUT2D eigenvalue weighted by atomic mass is 16.6. The molecular formula is C17H26N2O4. The number of aryl methyl sites for hydroxylation is 1. The van der Waals surface area contributed by atoms with Gasteiger partial charge >= 0.3 is 12.1 Å². The Morgan fingerprint density at radius 1 is 1.22 bits per heavy atom. The standard InChI is InChI=1S/C17H26N2O4/c1-17(2,3)23-16(22)19-14(15(20)21)7-5-6-12-8-10-13(18-4)11-9-12/h8-11,14,18H,5-7H2,1-4H3,(H,19,22)(H,20,21). The second kappa shape index (κ2) is 8.41. The van der Waals surface area contributed by atoms with Crippen LogP contribution in [0.15, 0.2) is 24.3 Å². The Hall–Kier alpha value is -2.24. The zero-order valence-electron chi connectivity index (χ0n) is 14.2. The summed E-state index contributed by atoms with van der Waals surface area (Å²) in [7, 11) is 1.86. The topological polar surface area (TPSA) is 87.7 Å². The van der Waals surface area contributed by atoms with Gasteiger partial charge in [-0.05, 0) is 57.7 Å². The third-order valence-electron chi connectivity index (χ3n) is 3.19. The van der Waals surface area contributed by atoms with Gasteiger partial charge in [-0.15, -0.1) is 0 Å². The Bertz CT molecular complexity index is 520. The average molecular weight is 322 g/mol. The van der Waals surface area contributed by atoms with E-state index < -0.39 is 23.7 Å². The third-order valence-corrected chi connectivity index (χ3v) is 3.19. The van der Waals surface area contributed by atoms with E-state index in [0.29, 0.717) is 12.8 Å². The van der Waals surface area contributed by atoms with Gasteiger partial charge in [0.1, 0.15) is 11.6 Å². The van der Waals surface area contributed by atoms with Crippen molar-refractivity contribution >= 4 is 17.7 Å². The van der Waals surface area contributed by atoms with Crippen LogP contribution in [0.5, 0.6) is 0 Å². The molecule has 23 heavy (non-hydrogen) atoms. The Kier molecular flexibility index (Phi) is 6.88. The van der Waals surface area contributed by atoms with Gasteiger partial charge in [-0.2, -0.15) is 0 Å². The number of carbonyl (C=O) groups is 2. The maximum atomic E-state index is 11.7. The van der Waals surface area contributed by atoms with Crippen LogP contribution in [-0.2, 0) is 16.0 Å². The van der Waals surface area contributed by atoms with Gasteiger partial charge in [0.05, 0.1) is 0 Å². The number of hydrogen-bond acceptors (Lipinski definition) is 4. The fourth-order valence-electron chi connectivity index (χ4n) is 2.06. The lowest BCUT2D eigenvalue weighted by Crippen LogP contribution is -2.43. The number of hydrogen-bond donors (Lipinski definition) is 3. The minimum absolute atomic E-state index is 0.350. The van der Waals surface area contributed by atoms with Crippen LogP contribution >= 0.6 is 0 Å². The second-order valence-electron chi connectivity index (χ2n) is 6.38. The van der Waals surface area contributed by atoms with Crippen molar-refractivity contribution in [2.24, 2.45) is 0 Å². The van der Waals surface area contributed by atoms with Gasteiger partial charge < -0.3 is 20.5 Å². The number of amides is 1. The molecule has 0 spiro atoms. The number of benzene rings is 1. The van der Waals surface area contributed by atoms with Crippen molar-refractivity contribution < 1.29 is 19.4 Å². The number of aliphatic carboxylic acids is 1. The fourth-order valence-corrected chi connectivity index (χ4v) is 2.06. The van der Waals surface area contributed by atoms with Crippen LogP contribution in [0.25, 0.3) is 0 Å². The van der Waals surface area contributed by atoms with E-state index in [1.165, 1.54) is 0 Å². The molecule has 6 nitrogen and oxygen atoms in total. The molecule has 0 radical (unpaired) electrons. The van der Waals surface area contributed by atoms with Crippen LogP contribution in [0, 0.1) is 0 Å². The molecule has 0 saturated heterocycles. The Labute approximate surface area is 137 Å². The van der Waals surface area contributed by atoms with Crippen molar-refractivity contribution in [2.45, 2.75) is 51.7 Å². The number of alkyl carbamates (subject to hydrolysis) is 1. The highest BCUT2D eigenvalue weighted by Gasteiger charge is 2.23. The zero-order valence-corrected chi connectivity index (χ0v) is 14.2. The average Bonchev–Trinajstić information content (AvgIpc) is 2.44. The number of carboxylic acids is 1. The largest absolute Gasteiger partial charge is 0.480 e. The number of rotatable bonds is 7. The summed E-state index contributed by atoms with van der Waals surface area (Å²) >= 11 is 0. The SMILES string of the molecule is CNc1ccc(CCCC(NC(=O)OC(C)(C)C)C(=O)O)cc1. The molecule has 0 fully saturated rings. The first kappa shape index (κ1) is 18.8. The summed E-state index contributed by atoms with van der Waals surface area (Å²) < 4.78 is 5.09. The third kappa shape index (κ3) is 7.54. The van der Waals surface area contributed by atoms with Crippen LogP contribution in [0.4, 0.5) is 10.5 Å². The molecule has 3 N–H and O–H groups in total. The second-order valence-corrected chi connectivity index (χ2v) is 6.38. The molecule has 0 aliphatic rings. The monoisotopic (exact) mass is 322 g/mol. The van der Waals surface area contributed by atoms with E-state index in [-0.39, 0.29) is 0 Å². The van der Waals surface area contributed by atoms with E-state index in [1.54, 1.807) is 20.8 Å². The van der Waals surface area contributed by atoms with E-state index in [2.05, 4.69) is 10.6 Å². The molecule has 1 aromatic carbocycles. The minimum Gasteiger partial charge on any atom is -0.480 e. The van der Waals surface area contributed by atoms with Gasteiger partial charge in [0.2, 0.25) is 0 Å². The van der Waals surface area contributed by atoms with E-state index in [0.717, 1.165) is 17.7 Å². The van der Waals surface area contributed by atoms with Crippen LogP contribution < -0.4 is 10.6 Å².